The third-order valence-electron chi connectivity index (χ3n) is 3.60. The summed E-state index contributed by atoms with van der Waals surface area (Å²) in [6.07, 6.45) is 1.08. The minimum absolute atomic E-state index is 0.484. The largest absolute Gasteiger partial charge is 0.492 e. The van der Waals surface area contributed by atoms with E-state index in [9.17, 15) is 0 Å². The molecule has 1 fully saturated rings. The van der Waals surface area contributed by atoms with Crippen LogP contribution in [-0.2, 0) is 6.42 Å². The van der Waals surface area contributed by atoms with Gasteiger partial charge in [0.25, 0.3) is 0 Å². The lowest BCUT2D eigenvalue weighted by atomic mass is 10.2. The van der Waals surface area contributed by atoms with E-state index in [2.05, 4.69) is 48.3 Å². The van der Waals surface area contributed by atoms with Crippen molar-refractivity contribution in [3.8, 4) is 5.75 Å². The van der Waals surface area contributed by atoms with Crippen molar-refractivity contribution in [3.05, 3.63) is 29.8 Å². The molecule has 0 spiro atoms. The van der Waals surface area contributed by atoms with Crippen LogP contribution in [0.1, 0.15) is 19.4 Å². The molecule has 1 atom stereocenters. The molecule has 2 rings (SSSR count). The van der Waals surface area contributed by atoms with E-state index in [1.165, 1.54) is 5.56 Å². The summed E-state index contributed by atoms with van der Waals surface area (Å²) in [5.41, 5.74) is 1.36. The van der Waals surface area contributed by atoms with Crippen molar-refractivity contribution in [2.45, 2.75) is 26.3 Å². The van der Waals surface area contributed by atoms with Crippen LogP contribution in [0.25, 0.3) is 0 Å². The zero-order valence-corrected chi connectivity index (χ0v) is 11.5. The Kier molecular flexibility index (Phi) is 5.02. The molecule has 0 aromatic heterocycles. The highest BCUT2D eigenvalue weighted by atomic mass is 16.5. The van der Waals surface area contributed by atoms with Crippen molar-refractivity contribution in [1.82, 2.24) is 10.2 Å². The second-order valence-corrected chi connectivity index (χ2v) is 4.94. The van der Waals surface area contributed by atoms with E-state index in [0.717, 1.165) is 45.0 Å². The number of ether oxygens (including phenoxy) is 1. The summed E-state index contributed by atoms with van der Waals surface area (Å²) in [6, 6.07) is 8.92. The molecule has 0 saturated carbocycles. The normalized spacial score (nSPS) is 18.6. The van der Waals surface area contributed by atoms with Gasteiger partial charge < -0.3 is 10.1 Å². The minimum atomic E-state index is 0.484. The predicted octanol–water partition coefficient (Wildman–Crippen LogP) is 1.92. The number of aryl methyl sites for hydroxylation is 1. The summed E-state index contributed by atoms with van der Waals surface area (Å²) in [4.78, 5) is 2.48. The summed E-state index contributed by atoms with van der Waals surface area (Å²) >= 11 is 0. The van der Waals surface area contributed by atoms with Gasteiger partial charge in [0.15, 0.2) is 0 Å². The molecule has 18 heavy (non-hydrogen) atoms. The molecule has 1 N–H and O–H groups in total. The van der Waals surface area contributed by atoms with Crippen molar-refractivity contribution < 1.29 is 4.74 Å². The van der Waals surface area contributed by atoms with E-state index >= 15 is 0 Å². The predicted molar refractivity (Wildman–Crippen MR) is 75.2 cm³/mol. The maximum Gasteiger partial charge on any atom is 0.119 e. The zero-order valence-electron chi connectivity index (χ0n) is 11.5. The Morgan fingerprint density at radius 3 is 2.50 bits per heavy atom. The zero-order chi connectivity index (χ0) is 12.8. The molecule has 0 radical (unpaired) electrons. The minimum Gasteiger partial charge on any atom is -0.492 e. The first-order valence-corrected chi connectivity index (χ1v) is 6.96. The molecule has 0 amide bonds. The van der Waals surface area contributed by atoms with Crippen LogP contribution in [0.2, 0.25) is 0 Å². The fraction of sp³-hybridized carbons (Fsp3) is 0.600. The Morgan fingerprint density at radius 2 is 1.89 bits per heavy atom. The summed E-state index contributed by atoms with van der Waals surface area (Å²) < 4.78 is 5.86. The second kappa shape index (κ2) is 6.76. The van der Waals surface area contributed by atoms with Gasteiger partial charge in [-0.1, -0.05) is 19.1 Å². The van der Waals surface area contributed by atoms with Crippen molar-refractivity contribution in [2.24, 2.45) is 0 Å². The topological polar surface area (TPSA) is 24.5 Å². The van der Waals surface area contributed by atoms with Gasteiger partial charge in [-0.3, -0.25) is 4.90 Å². The number of rotatable bonds is 5. The fourth-order valence-electron chi connectivity index (χ4n) is 2.27. The average molecular weight is 248 g/mol. The Hall–Kier alpha value is -1.06. The first kappa shape index (κ1) is 13.4. The molecular formula is C15H24N2O. The van der Waals surface area contributed by atoms with E-state index in [0.29, 0.717) is 6.04 Å². The number of piperazine rings is 1. The number of nitrogens with one attached hydrogen (secondary N) is 1. The smallest absolute Gasteiger partial charge is 0.119 e. The Labute approximate surface area is 110 Å². The quantitative estimate of drug-likeness (QED) is 0.861. The third-order valence-corrected chi connectivity index (χ3v) is 3.60. The Morgan fingerprint density at radius 1 is 1.22 bits per heavy atom. The van der Waals surface area contributed by atoms with Crippen LogP contribution < -0.4 is 10.1 Å². The van der Waals surface area contributed by atoms with E-state index in [4.69, 9.17) is 4.74 Å². The van der Waals surface area contributed by atoms with E-state index in [1.54, 1.807) is 0 Å². The first-order valence-electron chi connectivity index (χ1n) is 6.96. The van der Waals surface area contributed by atoms with Gasteiger partial charge >= 0.3 is 0 Å². The van der Waals surface area contributed by atoms with Gasteiger partial charge in [-0.05, 0) is 31.0 Å². The Bertz CT molecular complexity index is 344. The van der Waals surface area contributed by atoms with E-state index in [1.807, 2.05) is 0 Å². The van der Waals surface area contributed by atoms with Gasteiger partial charge in [-0.2, -0.15) is 0 Å². The molecule has 1 aliphatic rings. The molecule has 3 heteroatoms. The molecule has 1 heterocycles. The molecule has 1 aromatic carbocycles. The lowest BCUT2D eigenvalue weighted by Gasteiger charge is -2.32. The van der Waals surface area contributed by atoms with E-state index in [-0.39, 0.29) is 0 Å². The van der Waals surface area contributed by atoms with Crippen LogP contribution in [0.3, 0.4) is 0 Å². The van der Waals surface area contributed by atoms with Crippen LogP contribution in [0, 0.1) is 0 Å². The maximum atomic E-state index is 5.86. The lowest BCUT2D eigenvalue weighted by molar-refractivity contribution is 0.132. The van der Waals surface area contributed by atoms with Crippen molar-refractivity contribution in [2.75, 3.05) is 32.8 Å². The molecule has 1 aromatic rings. The highest BCUT2D eigenvalue weighted by molar-refractivity contribution is 5.27. The van der Waals surface area contributed by atoms with Crippen LogP contribution in [0.15, 0.2) is 24.3 Å². The summed E-state index contributed by atoms with van der Waals surface area (Å²) in [6.45, 7) is 9.61. The van der Waals surface area contributed by atoms with Crippen LogP contribution >= 0.6 is 0 Å². The van der Waals surface area contributed by atoms with Crippen molar-refractivity contribution in [1.29, 1.82) is 0 Å². The van der Waals surface area contributed by atoms with Crippen LogP contribution in [0.5, 0.6) is 5.75 Å². The van der Waals surface area contributed by atoms with Crippen molar-refractivity contribution >= 4 is 0 Å². The fourth-order valence-corrected chi connectivity index (χ4v) is 2.27. The molecule has 3 nitrogen and oxygen atoms in total. The van der Waals surface area contributed by atoms with Crippen LogP contribution in [0.4, 0.5) is 0 Å². The number of benzene rings is 1. The number of hydrogen-bond donors (Lipinski definition) is 1. The van der Waals surface area contributed by atoms with Gasteiger partial charge in [0.05, 0.1) is 0 Å². The summed E-state index contributed by atoms with van der Waals surface area (Å²) in [7, 11) is 0. The van der Waals surface area contributed by atoms with Gasteiger partial charge in [0.2, 0.25) is 0 Å². The summed E-state index contributed by atoms with van der Waals surface area (Å²) in [5.74, 6) is 0.981. The Balaban J connectivity index is 1.78. The molecule has 0 aliphatic carbocycles. The SMILES string of the molecule is CCc1ccc(OCC(C)N2CCNCC2)cc1. The molecule has 100 valence electrons. The molecule has 1 aliphatic heterocycles. The standard InChI is InChI=1S/C15H24N2O/c1-3-14-4-6-15(7-5-14)18-12-13(2)17-10-8-16-9-11-17/h4-7,13,16H,3,8-12H2,1-2H3. The van der Waals surface area contributed by atoms with Crippen LogP contribution in [-0.4, -0.2) is 43.7 Å². The monoisotopic (exact) mass is 248 g/mol. The van der Waals surface area contributed by atoms with Gasteiger partial charge in [0.1, 0.15) is 12.4 Å². The maximum absolute atomic E-state index is 5.86. The number of hydrogen-bond acceptors (Lipinski definition) is 3. The third kappa shape index (κ3) is 3.72. The first-order chi connectivity index (χ1) is 8.79. The van der Waals surface area contributed by atoms with Crippen molar-refractivity contribution in [3.63, 3.8) is 0 Å². The van der Waals surface area contributed by atoms with Gasteiger partial charge in [-0.15, -0.1) is 0 Å². The molecular weight excluding hydrogens is 224 g/mol. The van der Waals surface area contributed by atoms with Gasteiger partial charge in [0, 0.05) is 32.2 Å². The highest BCUT2D eigenvalue weighted by Crippen LogP contribution is 2.13. The summed E-state index contributed by atoms with van der Waals surface area (Å²) in [5, 5.41) is 3.37. The number of nitrogens with zero attached hydrogens (tertiary/aromatic N) is 1. The lowest BCUT2D eigenvalue weighted by Crippen LogP contribution is -2.49. The van der Waals surface area contributed by atoms with E-state index < -0.39 is 0 Å². The molecule has 0 bridgehead atoms. The van der Waals surface area contributed by atoms with Gasteiger partial charge in [-0.25, -0.2) is 0 Å². The average Bonchev–Trinajstić information content (AvgIpc) is 2.46. The highest BCUT2D eigenvalue weighted by Gasteiger charge is 2.16. The molecule has 1 saturated heterocycles. The molecule has 1 unspecified atom stereocenters. The second-order valence-electron chi connectivity index (χ2n) is 4.94.